The molecule has 1 aromatic heterocycles. The van der Waals surface area contributed by atoms with E-state index in [2.05, 4.69) is 17.1 Å². The van der Waals surface area contributed by atoms with Crippen molar-refractivity contribution in [2.24, 2.45) is 5.92 Å². The molecular formula is C22H27N3O5S. The molecule has 0 bridgehead atoms. The minimum atomic E-state index is -3.67. The number of amides is 2. The number of benzene rings is 1. The van der Waals surface area contributed by atoms with Crippen LogP contribution >= 0.6 is 0 Å². The predicted octanol–water partition coefficient (Wildman–Crippen LogP) is 2.55. The zero-order chi connectivity index (χ0) is 22.0. The van der Waals surface area contributed by atoms with Crippen molar-refractivity contribution in [3.05, 3.63) is 54.0 Å². The highest BCUT2D eigenvalue weighted by Gasteiger charge is 2.36. The Balaban J connectivity index is 1.48. The van der Waals surface area contributed by atoms with Crippen molar-refractivity contribution >= 4 is 27.5 Å². The topological polar surface area (TPSA) is 99.9 Å². The normalized spacial score (nSPS) is 20.7. The average Bonchev–Trinajstić information content (AvgIpc) is 3.37. The highest BCUT2D eigenvalue weighted by Crippen LogP contribution is 2.28. The smallest absolute Gasteiger partial charge is 0.251 e. The van der Waals surface area contributed by atoms with Gasteiger partial charge in [-0.3, -0.25) is 14.5 Å². The van der Waals surface area contributed by atoms with Gasteiger partial charge in [0.05, 0.1) is 23.7 Å². The molecule has 0 spiro atoms. The minimum Gasteiger partial charge on any atom is -0.468 e. The molecule has 2 amide bonds. The Labute approximate surface area is 182 Å². The van der Waals surface area contributed by atoms with E-state index in [4.69, 9.17) is 4.42 Å². The number of likely N-dealkylation sites (tertiary alicyclic amines) is 1. The molecule has 0 unspecified atom stereocenters. The lowest BCUT2D eigenvalue weighted by Crippen LogP contribution is -2.41. The number of hydrogen-bond acceptors (Lipinski definition) is 6. The van der Waals surface area contributed by atoms with Crippen molar-refractivity contribution < 1.29 is 22.4 Å². The quantitative estimate of drug-likeness (QED) is 0.734. The number of anilines is 1. The number of furan rings is 1. The van der Waals surface area contributed by atoms with Gasteiger partial charge in [-0.05, 0) is 62.2 Å². The summed E-state index contributed by atoms with van der Waals surface area (Å²) in [6.07, 6.45) is 3.79. The number of nitrogens with one attached hydrogen (secondary N) is 1. The molecule has 1 aromatic carbocycles. The van der Waals surface area contributed by atoms with Gasteiger partial charge in [0.2, 0.25) is 15.9 Å². The molecule has 1 N–H and O–H groups in total. The summed E-state index contributed by atoms with van der Waals surface area (Å²) in [7, 11) is -3.67. The first kappa shape index (κ1) is 21.6. The third-order valence-corrected chi connectivity index (χ3v) is 7.70. The number of carbonyl (C=O) groups is 2. The Morgan fingerprint density at radius 3 is 2.65 bits per heavy atom. The molecule has 166 valence electrons. The van der Waals surface area contributed by atoms with E-state index in [-0.39, 0.29) is 29.8 Å². The summed E-state index contributed by atoms with van der Waals surface area (Å²) in [5.41, 5.74) is 0.501. The molecule has 2 fully saturated rings. The largest absolute Gasteiger partial charge is 0.468 e. The van der Waals surface area contributed by atoms with Crippen LogP contribution in [0.25, 0.3) is 0 Å². The Hall–Kier alpha value is -2.65. The van der Waals surface area contributed by atoms with Crippen LogP contribution in [0.15, 0.2) is 47.1 Å². The number of hydrogen-bond donors (Lipinski definition) is 1. The maximum absolute atomic E-state index is 12.9. The molecule has 0 saturated carbocycles. The van der Waals surface area contributed by atoms with Gasteiger partial charge in [-0.25, -0.2) is 12.7 Å². The molecule has 3 heterocycles. The second-order valence-corrected chi connectivity index (χ2v) is 10.2. The van der Waals surface area contributed by atoms with Crippen molar-refractivity contribution in [3.63, 3.8) is 0 Å². The lowest BCUT2D eigenvalue weighted by Gasteiger charge is -2.35. The van der Waals surface area contributed by atoms with E-state index in [0.717, 1.165) is 36.0 Å². The number of piperidine rings is 1. The van der Waals surface area contributed by atoms with Crippen molar-refractivity contribution in [2.75, 3.05) is 29.7 Å². The monoisotopic (exact) mass is 445 g/mol. The van der Waals surface area contributed by atoms with Gasteiger partial charge < -0.3 is 9.73 Å². The maximum atomic E-state index is 12.9. The molecule has 2 aliphatic rings. The van der Waals surface area contributed by atoms with Crippen LogP contribution in [0.5, 0.6) is 0 Å². The Morgan fingerprint density at radius 2 is 2.00 bits per heavy atom. The van der Waals surface area contributed by atoms with Gasteiger partial charge in [-0.15, -0.1) is 0 Å². The second-order valence-electron chi connectivity index (χ2n) is 8.23. The summed E-state index contributed by atoms with van der Waals surface area (Å²) < 4.78 is 30.8. The first-order valence-electron chi connectivity index (χ1n) is 10.6. The Bertz CT molecular complexity index is 1040. The summed E-state index contributed by atoms with van der Waals surface area (Å²) in [6, 6.07) is 9.85. The fraction of sp³-hybridized carbons (Fsp3) is 0.455. The van der Waals surface area contributed by atoms with Crippen LogP contribution in [0.4, 0.5) is 5.69 Å². The highest BCUT2D eigenvalue weighted by atomic mass is 32.2. The van der Waals surface area contributed by atoms with Crippen LogP contribution in [-0.4, -0.2) is 50.5 Å². The summed E-state index contributed by atoms with van der Waals surface area (Å²) in [4.78, 5) is 27.2. The second kappa shape index (κ2) is 8.84. The van der Waals surface area contributed by atoms with Gasteiger partial charge >= 0.3 is 0 Å². The third kappa shape index (κ3) is 4.67. The van der Waals surface area contributed by atoms with Gasteiger partial charge in [-0.2, -0.15) is 0 Å². The first-order chi connectivity index (χ1) is 14.8. The van der Waals surface area contributed by atoms with Gasteiger partial charge in [0.1, 0.15) is 5.76 Å². The van der Waals surface area contributed by atoms with E-state index >= 15 is 0 Å². The molecular weight excluding hydrogens is 418 g/mol. The zero-order valence-electron chi connectivity index (χ0n) is 17.5. The van der Waals surface area contributed by atoms with E-state index in [1.807, 2.05) is 12.1 Å². The molecule has 9 heteroatoms. The SMILES string of the molecule is CC1CCN([C@@H](CNC(=O)c2cccc(N3C(=O)CCS3(=O)=O)c2)c2ccco2)CC1. The Morgan fingerprint density at radius 1 is 1.23 bits per heavy atom. The number of sulfonamides is 1. The predicted molar refractivity (Wildman–Crippen MR) is 116 cm³/mol. The number of carbonyl (C=O) groups excluding carboxylic acids is 2. The van der Waals surface area contributed by atoms with Gasteiger partial charge in [0.25, 0.3) is 5.91 Å². The van der Waals surface area contributed by atoms with E-state index in [1.54, 1.807) is 18.4 Å². The highest BCUT2D eigenvalue weighted by molar-refractivity contribution is 7.94. The maximum Gasteiger partial charge on any atom is 0.251 e. The molecule has 1 atom stereocenters. The minimum absolute atomic E-state index is 0.0436. The summed E-state index contributed by atoms with van der Waals surface area (Å²) in [6.45, 7) is 4.49. The molecule has 4 rings (SSSR count). The molecule has 2 aliphatic heterocycles. The van der Waals surface area contributed by atoms with Crippen LogP contribution in [0.1, 0.15) is 48.3 Å². The van der Waals surface area contributed by atoms with Crippen molar-refractivity contribution in [1.29, 1.82) is 0 Å². The lowest BCUT2D eigenvalue weighted by atomic mass is 9.97. The van der Waals surface area contributed by atoms with Crippen LogP contribution in [0.3, 0.4) is 0 Å². The van der Waals surface area contributed by atoms with Crippen LogP contribution < -0.4 is 9.62 Å². The van der Waals surface area contributed by atoms with Crippen molar-refractivity contribution in [3.8, 4) is 0 Å². The molecule has 31 heavy (non-hydrogen) atoms. The van der Waals surface area contributed by atoms with Crippen LogP contribution in [0, 0.1) is 5.92 Å². The number of nitrogens with zero attached hydrogens (tertiary/aromatic N) is 2. The average molecular weight is 446 g/mol. The van der Waals surface area contributed by atoms with Crippen molar-refractivity contribution in [1.82, 2.24) is 10.2 Å². The fourth-order valence-corrected chi connectivity index (χ4v) is 5.62. The molecule has 2 saturated heterocycles. The van der Waals surface area contributed by atoms with E-state index in [0.29, 0.717) is 18.0 Å². The summed E-state index contributed by atoms with van der Waals surface area (Å²) in [5, 5.41) is 2.95. The summed E-state index contributed by atoms with van der Waals surface area (Å²) in [5.74, 6) is 0.483. The van der Waals surface area contributed by atoms with Crippen molar-refractivity contribution in [2.45, 2.75) is 32.2 Å². The standard InChI is InChI=1S/C22H27N3O5S/c1-16-7-10-24(11-8-16)19(20-6-3-12-30-20)15-23-22(27)17-4-2-5-18(14-17)25-21(26)9-13-31(25,28)29/h2-6,12,14,16,19H,7-11,13,15H2,1H3,(H,23,27)/t19-/m0/s1. The van der Waals surface area contributed by atoms with Crippen LogP contribution in [-0.2, 0) is 14.8 Å². The van der Waals surface area contributed by atoms with Gasteiger partial charge in [-0.1, -0.05) is 13.0 Å². The van der Waals surface area contributed by atoms with E-state index < -0.39 is 15.9 Å². The molecule has 8 nitrogen and oxygen atoms in total. The molecule has 0 radical (unpaired) electrons. The van der Waals surface area contributed by atoms with E-state index in [9.17, 15) is 18.0 Å². The molecule has 2 aromatic rings. The fourth-order valence-electron chi connectivity index (χ4n) is 4.16. The van der Waals surface area contributed by atoms with Gasteiger partial charge in [0, 0.05) is 18.5 Å². The number of rotatable bonds is 6. The van der Waals surface area contributed by atoms with Gasteiger partial charge in [0.15, 0.2) is 0 Å². The van der Waals surface area contributed by atoms with E-state index in [1.165, 1.54) is 12.1 Å². The van der Waals surface area contributed by atoms with Crippen LogP contribution in [0.2, 0.25) is 0 Å². The zero-order valence-corrected chi connectivity index (χ0v) is 18.3. The first-order valence-corrected chi connectivity index (χ1v) is 12.2. The lowest BCUT2D eigenvalue weighted by molar-refractivity contribution is -0.116. The third-order valence-electron chi connectivity index (χ3n) is 6.01. The Kier molecular flexibility index (Phi) is 6.15. The molecule has 0 aliphatic carbocycles. The summed E-state index contributed by atoms with van der Waals surface area (Å²) >= 11 is 0.